The molecule has 0 fully saturated rings. The number of carbonyl (C=O) groups is 1. The van der Waals surface area contributed by atoms with Gasteiger partial charge in [0, 0.05) is 4.88 Å². The molecule has 82 valence electrons. The van der Waals surface area contributed by atoms with E-state index < -0.39 is 11.4 Å². The fraction of sp³-hybridized carbons (Fsp3) is 0.154. The molecule has 1 atom stereocenters. The standard InChI is InChI=1S/C13H12O2S/c1-13(12(14)15,11-8-5-9-16-11)10-6-3-2-4-7-10/h2-9H,1H3,(H,14,15). The molecular formula is C13H12O2S. The molecule has 0 radical (unpaired) electrons. The van der Waals surface area contributed by atoms with Crippen LogP contribution >= 0.6 is 11.3 Å². The smallest absolute Gasteiger partial charge is 0.319 e. The van der Waals surface area contributed by atoms with Gasteiger partial charge in [-0.05, 0) is 23.9 Å². The minimum atomic E-state index is -0.949. The van der Waals surface area contributed by atoms with Gasteiger partial charge in [0.1, 0.15) is 5.41 Å². The van der Waals surface area contributed by atoms with Crippen molar-refractivity contribution < 1.29 is 9.90 Å². The van der Waals surface area contributed by atoms with Gasteiger partial charge in [0.05, 0.1) is 0 Å². The molecule has 0 aliphatic rings. The Hall–Kier alpha value is -1.61. The summed E-state index contributed by atoms with van der Waals surface area (Å²) in [4.78, 5) is 12.4. The first kappa shape index (κ1) is 10.9. The summed E-state index contributed by atoms with van der Waals surface area (Å²) in [6.45, 7) is 1.75. The Labute approximate surface area is 98.2 Å². The molecule has 2 rings (SSSR count). The lowest BCUT2D eigenvalue weighted by atomic mass is 9.81. The number of thiophene rings is 1. The molecule has 0 saturated heterocycles. The average Bonchev–Trinajstić information content (AvgIpc) is 2.82. The van der Waals surface area contributed by atoms with Crippen LogP contribution in [0.1, 0.15) is 17.4 Å². The van der Waals surface area contributed by atoms with E-state index in [-0.39, 0.29) is 0 Å². The van der Waals surface area contributed by atoms with Crippen LogP contribution in [0.15, 0.2) is 47.8 Å². The maximum Gasteiger partial charge on any atom is 0.319 e. The van der Waals surface area contributed by atoms with E-state index in [2.05, 4.69) is 0 Å². The van der Waals surface area contributed by atoms with Crippen molar-refractivity contribution in [1.82, 2.24) is 0 Å². The number of aliphatic carboxylic acids is 1. The topological polar surface area (TPSA) is 37.3 Å². The first-order valence-electron chi connectivity index (χ1n) is 4.98. The Morgan fingerprint density at radius 1 is 1.19 bits per heavy atom. The van der Waals surface area contributed by atoms with E-state index in [0.717, 1.165) is 10.4 Å². The van der Waals surface area contributed by atoms with Crippen LogP contribution in [0.25, 0.3) is 0 Å². The van der Waals surface area contributed by atoms with Crippen LogP contribution in [0.4, 0.5) is 0 Å². The van der Waals surface area contributed by atoms with Gasteiger partial charge in [-0.3, -0.25) is 4.79 Å². The van der Waals surface area contributed by atoms with Crippen molar-refractivity contribution in [2.75, 3.05) is 0 Å². The third-order valence-electron chi connectivity index (χ3n) is 2.79. The summed E-state index contributed by atoms with van der Waals surface area (Å²) in [5.74, 6) is -0.818. The van der Waals surface area contributed by atoms with Gasteiger partial charge in [-0.15, -0.1) is 11.3 Å². The minimum absolute atomic E-state index is 0.810. The highest BCUT2D eigenvalue weighted by Gasteiger charge is 2.37. The number of hydrogen-bond acceptors (Lipinski definition) is 2. The zero-order valence-electron chi connectivity index (χ0n) is 8.88. The van der Waals surface area contributed by atoms with Crippen molar-refractivity contribution in [2.45, 2.75) is 12.3 Å². The maximum absolute atomic E-state index is 11.5. The predicted octanol–water partition coefficient (Wildman–Crippen LogP) is 3.14. The van der Waals surface area contributed by atoms with E-state index in [4.69, 9.17) is 0 Å². The van der Waals surface area contributed by atoms with Crippen LogP contribution in [0, 0.1) is 0 Å². The van der Waals surface area contributed by atoms with Gasteiger partial charge in [-0.1, -0.05) is 36.4 Å². The van der Waals surface area contributed by atoms with E-state index in [1.807, 2.05) is 47.8 Å². The summed E-state index contributed by atoms with van der Waals surface area (Å²) < 4.78 is 0. The molecular weight excluding hydrogens is 220 g/mol. The van der Waals surface area contributed by atoms with Crippen molar-refractivity contribution in [3.8, 4) is 0 Å². The molecule has 0 bridgehead atoms. The molecule has 16 heavy (non-hydrogen) atoms. The maximum atomic E-state index is 11.5. The average molecular weight is 232 g/mol. The monoisotopic (exact) mass is 232 g/mol. The highest BCUT2D eigenvalue weighted by Crippen LogP contribution is 2.34. The van der Waals surface area contributed by atoms with E-state index in [9.17, 15) is 9.90 Å². The van der Waals surface area contributed by atoms with E-state index in [0.29, 0.717) is 0 Å². The molecule has 3 heteroatoms. The second-order valence-electron chi connectivity index (χ2n) is 3.77. The van der Waals surface area contributed by atoms with Crippen LogP contribution in [0.2, 0.25) is 0 Å². The van der Waals surface area contributed by atoms with Gasteiger partial charge >= 0.3 is 5.97 Å². The lowest BCUT2D eigenvalue weighted by molar-refractivity contribution is -0.141. The second-order valence-corrected chi connectivity index (χ2v) is 4.72. The van der Waals surface area contributed by atoms with Crippen molar-refractivity contribution in [1.29, 1.82) is 0 Å². The molecule has 0 saturated carbocycles. The number of benzene rings is 1. The number of hydrogen-bond donors (Lipinski definition) is 1. The molecule has 1 aromatic carbocycles. The fourth-order valence-electron chi connectivity index (χ4n) is 1.71. The van der Waals surface area contributed by atoms with Crippen LogP contribution in [0.3, 0.4) is 0 Å². The minimum Gasteiger partial charge on any atom is -0.480 e. The lowest BCUT2D eigenvalue weighted by Crippen LogP contribution is -2.32. The zero-order valence-corrected chi connectivity index (χ0v) is 9.70. The summed E-state index contributed by atoms with van der Waals surface area (Å²) in [6, 6.07) is 13.1. The lowest BCUT2D eigenvalue weighted by Gasteiger charge is -2.23. The van der Waals surface area contributed by atoms with Crippen LogP contribution in [0.5, 0.6) is 0 Å². The van der Waals surface area contributed by atoms with Gasteiger partial charge in [0.15, 0.2) is 0 Å². The number of carboxylic acid groups (broad SMARTS) is 1. The fourth-order valence-corrected chi connectivity index (χ4v) is 2.61. The van der Waals surface area contributed by atoms with Gasteiger partial charge in [0.2, 0.25) is 0 Å². The van der Waals surface area contributed by atoms with Crippen molar-refractivity contribution in [3.05, 3.63) is 58.3 Å². The first-order chi connectivity index (χ1) is 7.65. The second kappa shape index (κ2) is 4.10. The van der Waals surface area contributed by atoms with Gasteiger partial charge in [0.25, 0.3) is 0 Å². The SMILES string of the molecule is CC(C(=O)O)(c1ccccc1)c1cccs1. The highest BCUT2D eigenvalue weighted by atomic mass is 32.1. The molecule has 2 aromatic rings. The Kier molecular flexibility index (Phi) is 2.79. The largest absolute Gasteiger partial charge is 0.480 e. The third-order valence-corrected chi connectivity index (χ3v) is 3.88. The molecule has 0 aliphatic carbocycles. The van der Waals surface area contributed by atoms with Crippen molar-refractivity contribution >= 4 is 17.3 Å². The molecule has 0 amide bonds. The molecule has 0 aliphatic heterocycles. The molecule has 1 aromatic heterocycles. The summed E-state index contributed by atoms with van der Waals surface area (Å²) in [7, 11) is 0. The van der Waals surface area contributed by atoms with Gasteiger partial charge < -0.3 is 5.11 Å². The van der Waals surface area contributed by atoms with E-state index in [1.165, 1.54) is 11.3 Å². The van der Waals surface area contributed by atoms with Gasteiger partial charge in [-0.2, -0.15) is 0 Å². The Morgan fingerprint density at radius 3 is 2.38 bits per heavy atom. The Morgan fingerprint density at radius 2 is 1.88 bits per heavy atom. The highest BCUT2D eigenvalue weighted by molar-refractivity contribution is 7.10. The van der Waals surface area contributed by atoms with Crippen molar-refractivity contribution in [2.24, 2.45) is 0 Å². The van der Waals surface area contributed by atoms with Crippen LogP contribution in [-0.2, 0) is 10.2 Å². The van der Waals surface area contributed by atoms with E-state index in [1.54, 1.807) is 6.92 Å². The summed E-state index contributed by atoms with van der Waals surface area (Å²) >= 11 is 1.47. The molecule has 0 spiro atoms. The van der Waals surface area contributed by atoms with Gasteiger partial charge in [-0.25, -0.2) is 0 Å². The third kappa shape index (κ3) is 1.63. The first-order valence-corrected chi connectivity index (χ1v) is 5.86. The Bertz CT molecular complexity index is 476. The van der Waals surface area contributed by atoms with Crippen molar-refractivity contribution in [3.63, 3.8) is 0 Å². The zero-order chi connectivity index (χ0) is 11.6. The number of carboxylic acids is 1. The van der Waals surface area contributed by atoms with E-state index >= 15 is 0 Å². The normalized spacial score (nSPS) is 14.3. The number of rotatable bonds is 3. The molecule has 1 unspecified atom stereocenters. The predicted molar refractivity (Wildman–Crippen MR) is 64.9 cm³/mol. The summed E-state index contributed by atoms with van der Waals surface area (Å²) in [6.07, 6.45) is 0. The van der Waals surface area contributed by atoms with Crippen LogP contribution in [-0.4, -0.2) is 11.1 Å². The summed E-state index contributed by atoms with van der Waals surface area (Å²) in [5, 5.41) is 11.4. The Balaban J connectivity index is 2.58. The summed E-state index contributed by atoms with van der Waals surface area (Å²) in [5.41, 5.74) is -0.139. The molecule has 2 nitrogen and oxygen atoms in total. The quantitative estimate of drug-likeness (QED) is 0.882. The molecule has 1 heterocycles. The van der Waals surface area contributed by atoms with Crippen LogP contribution < -0.4 is 0 Å². The molecule has 1 N–H and O–H groups in total.